The average Bonchev–Trinajstić information content (AvgIpc) is 2.81. The number of rotatable bonds is 4. The fourth-order valence-electron chi connectivity index (χ4n) is 3.85. The van der Waals surface area contributed by atoms with Crippen LogP contribution in [0.1, 0.15) is 16.2 Å². The molecular formula is C23H24N4O4. The predicted molar refractivity (Wildman–Crippen MR) is 116 cm³/mol. The summed E-state index contributed by atoms with van der Waals surface area (Å²) in [6, 6.07) is 14.2. The Bertz CT molecular complexity index is 1200. The van der Waals surface area contributed by atoms with Gasteiger partial charge in [0.05, 0.1) is 23.6 Å². The number of nitrogens with zero attached hydrogens (tertiary/aromatic N) is 4. The molecule has 1 aliphatic heterocycles. The number of benzene rings is 2. The van der Waals surface area contributed by atoms with Gasteiger partial charge in [0, 0.05) is 26.2 Å². The van der Waals surface area contributed by atoms with Crippen LogP contribution in [0.3, 0.4) is 0 Å². The number of aryl methyl sites for hydroxylation is 1. The number of amides is 2. The Hall–Kier alpha value is -3.68. The minimum Gasteiger partial charge on any atom is -0.496 e. The van der Waals surface area contributed by atoms with Gasteiger partial charge < -0.3 is 14.5 Å². The molecular weight excluding hydrogens is 396 g/mol. The lowest BCUT2D eigenvalue weighted by molar-refractivity contribution is -0.133. The number of aromatic nitrogens is 2. The monoisotopic (exact) mass is 420 g/mol. The maximum atomic E-state index is 12.9. The zero-order chi connectivity index (χ0) is 22.0. The Morgan fingerprint density at radius 2 is 1.61 bits per heavy atom. The van der Waals surface area contributed by atoms with Crippen molar-refractivity contribution in [3.63, 3.8) is 0 Å². The zero-order valence-corrected chi connectivity index (χ0v) is 17.6. The summed E-state index contributed by atoms with van der Waals surface area (Å²) < 4.78 is 6.70. The third-order valence-corrected chi connectivity index (χ3v) is 5.60. The maximum Gasteiger partial charge on any atom is 0.261 e. The molecule has 0 radical (unpaired) electrons. The van der Waals surface area contributed by atoms with Gasteiger partial charge in [-0.2, -0.15) is 0 Å². The van der Waals surface area contributed by atoms with E-state index < -0.39 is 0 Å². The molecule has 2 aromatic carbocycles. The van der Waals surface area contributed by atoms with Gasteiger partial charge in [0.15, 0.2) is 0 Å². The number of para-hydroxylation sites is 2. The van der Waals surface area contributed by atoms with Gasteiger partial charge in [-0.05, 0) is 31.2 Å². The molecule has 3 aromatic rings. The van der Waals surface area contributed by atoms with Crippen molar-refractivity contribution in [2.45, 2.75) is 13.5 Å². The molecule has 0 bridgehead atoms. The van der Waals surface area contributed by atoms with E-state index in [9.17, 15) is 14.4 Å². The number of methoxy groups -OCH3 is 1. The molecule has 0 atom stereocenters. The zero-order valence-electron chi connectivity index (χ0n) is 17.6. The van der Waals surface area contributed by atoms with E-state index in [1.807, 2.05) is 12.1 Å². The lowest BCUT2D eigenvalue weighted by atomic mass is 10.1. The van der Waals surface area contributed by atoms with Crippen molar-refractivity contribution in [1.82, 2.24) is 19.4 Å². The van der Waals surface area contributed by atoms with E-state index in [1.54, 1.807) is 53.1 Å². The van der Waals surface area contributed by atoms with Crippen LogP contribution < -0.4 is 10.3 Å². The van der Waals surface area contributed by atoms with Crippen LogP contribution in [0.25, 0.3) is 10.9 Å². The van der Waals surface area contributed by atoms with Crippen LogP contribution in [0.15, 0.2) is 53.3 Å². The molecule has 2 heterocycles. The van der Waals surface area contributed by atoms with Crippen LogP contribution in [0, 0.1) is 6.92 Å². The number of hydrogen-bond acceptors (Lipinski definition) is 5. The first-order valence-corrected chi connectivity index (χ1v) is 10.2. The van der Waals surface area contributed by atoms with Crippen molar-refractivity contribution in [3.8, 4) is 5.75 Å². The number of hydrogen-bond donors (Lipinski definition) is 0. The second kappa shape index (κ2) is 8.59. The Morgan fingerprint density at radius 1 is 0.968 bits per heavy atom. The summed E-state index contributed by atoms with van der Waals surface area (Å²) in [5, 5.41) is 0.494. The van der Waals surface area contributed by atoms with Crippen LogP contribution in [0.4, 0.5) is 0 Å². The van der Waals surface area contributed by atoms with Crippen LogP contribution in [0.2, 0.25) is 0 Å². The summed E-state index contributed by atoms with van der Waals surface area (Å²) >= 11 is 0. The van der Waals surface area contributed by atoms with Crippen molar-refractivity contribution in [2.24, 2.45) is 0 Å². The van der Waals surface area contributed by atoms with Gasteiger partial charge in [-0.1, -0.05) is 24.3 Å². The van der Waals surface area contributed by atoms with Crippen LogP contribution in [0.5, 0.6) is 5.75 Å². The third kappa shape index (κ3) is 4.01. The quantitative estimate of drug-likeness (QED) is 0.641. The van der Waals surface area contributed by atoms with Gasteiger partial charge in [0.1, 0.15) is 18.1 Å². The number of piperazine rings is 1. The molecule has 160 valence electrons. The normalized spacial score (nSPS) is 14.0. The fraction of sp³-hybridized carbons (Fsp3) is 0.304. The summed E-state index contributed by atoms with van der Waals surface area (Å²) in [4.78, 5) is 46.4. The first-order valence-electron chi connectivity index (χ1n) is 10.2. The molecule has 0 aliphatic carbocycles. The summed E-state index contributed by atoms with van der Waals surface area (Å²) in [6.07, 6.45) is 0. The minimum atomic E-state index is -0.221. The van der Waals surface area contributed by atoms with Crippen molar-refractivity contribution in [2.75, 3.05) is 33.3 Å². The summed E-state index contributed by atoms with van der Waals surface area (Å²) in [7, 11) is 1.54. The highest BCUT2D eigenvalue weighted by Gasteiger charge is 2.26. The summed E-state index contributed by atoms with van der Waals surface area (Å²) in [5.41, 5.74) is 0.910. The van der Waals surface area contributed by atoms with E-state index in [-0.39, 0.29) is 23.9 Å². The van der Waals surface area contributed by atoms with Crippen molar-refractivity contribution in [1.29, 1.82) is 0 Å². The Kier molecular flexibility index (Phi) is 5.70. The number of ether oxygens (including phenoxy) is 1. The molecule has 8 nitrogen and oxygen atoms in total. The highest BCUT2D eigenvalue weighted by molar-refractivity contribution is 5.97. The van der Waals surface area contributed by atoms with Crippen molar-refractivity contribution < 1.29 is 14.3 Å². The van der Waals surface area contributed by atoms with E-state index in [4.69, 9.17) is 4.74 Å². The standard InChI is InChI=1S/C23H24N4O4/c1-16-24-19-9-5-3-7-17(19)23(30)27(16)15-21(28)25-11-13-26(14-12-25)22(29)18-8-4-6-10-20(18)31-2/h3-10H,11-15H2,1-2H3. The first-order chi connectivity index (χ1) is 15.0. The molecule has 1 fully saturated rings. The average molecular weight is 420 g/mol. The molecule has 31 heavy (non-hydrogen) atoms. The number of carbonyl (C=O) groups is 2. The highest BCUT2D eigenvalue weighted by atomic mass is 16.5. The van der Waals surface area contributed by atoms with Crippen LogP contribution in [-0.4, -0.2) is 64.5 Å². The topological polar surface area (TPSA) is 84.7 Å². The van der Waals surface area contributed by atoms with Gasteiger partial charge in [0.25, 0.3) is 11.5 Å². The highest BCUT2D eigenvalue weighted by Crippen LogP contribution is 2.20. The molecule has 1 aromatic heterocycles. The molecule has 0 N–H and O–H groups in total. The molecule has 8 heteroatoms. The molecule has 1 saturated heterocycles. The molecule has 0 unspecified atom stereocenters. The van der Waals surface area contributed by atoms with Gasteiger partial charge in [0.2, 0.25) is 5.91 Å². The van der Waals surface area contributed by atoms with E-state index in [2.05, 4.69) is 4.98 Å². The van der Waals surface area contributed by atoms with Crippen LogP contribution >= 0.6 is 0 Å². The second-order valence-corrected chi connectivity index (χ2v) is 7.44. The Balaban J connectivity index is 1.44. The van der Waals surface area contributed by atoms with Crippen LogP contribution in [-0.2, 0) is 11.3 Å². The van der Waals surface area contributed by atoms with E-state index in [1.165, 1.54) is 11.7 Å². The van der Waals surface area contributed by atoms with Gasteiger partial charge in [-0.3, -0.25) is 19.0 Å². The van der Waals surface area contributed by atoms with Gasteiger partial charge in [-0.15, -0.1) is 0 Å². The van der Waals surface area contributed by atoms with Gasteiger partial charge >= 0.3 is 0 Å². The molecule has 4 rings (SSSR count). The smallest absolute Gasteiger partial charge is 0.261 e. The second-order valence-electron chi connectivity index (χ2n) is 7.44. The van der Waals surface area contributed by atoms with E-state index in [0.29, 0.717) is 54.2 Å². The molecule has 2 amide bonds. The van der Waals surface area contributed by atoms with Crippen molar-refractivity contribution in [3.05, 3.63) is 70.3 Å². The predicted octanol–water partition coefficient (Wildman–Crippen LogP) is 1.70. The number of fused-ring (bicyclic) bond motifs is 1. The SMILES string of the molecule is COc1ccccc1C(=O)N1CCN(C(=O)Cn2c(C)nc3ccccc3c2=O)CC1. The molecule has 0 spiro atoms. The fourth-order valence-corrected chi connectivity index (χ4v) is 3.85. The lowest BCUT2D eigenvalue weighted by Gasteiger charge is -2.35. The van der Waals surface area contributed by atoms with Crippen molar-refractivity contribution >= 4 is 22.7 Å². The van der Waals surface area contributed by atoms with Gasteiger partial charge in [-0.25, -0.2) is 4.98 Å². The minimum absolute atomic E-state index is 0.0665. The lowest BCUT2D eigenvalue weighted by Crippen LogP contribution is -2.51. The first kappa shape index (κ1) is 20.6. The number of carbonyl (C=O) groups excluding carboxylic acids is 2. The Morgan fingerprint density at radius 3 is 2.35 bits per heavy atom. The largest absolute Gasteiger partial charge is 0.496 e. The Labute approximate surface area is 179 Å². The maximum absolute atomic E-state index is 12.9. The van der Waals surface area contributed by atoms with E-state index >= 15 is 0 Å². The molecule has 0 saturated carbocycles. The third-order valence-electron chi connectivity index (χ3n) is 5.60. The van der Waals surface area contributed by atoms with E-state index in [0.717, 1.165) is 0 Å². The summed E-state index contributed by atoms with van der Waals surface area (Å²) in [5.74, 6) is 0.758. The summed E-state index contributed by atoms with van der Waals surface area (Å²) in [6.45, 7) is 3.33. The molecule has 1 aliphatic rings.